The Bertz CT molecular complexity index is 347. The first-order valence-electron chi connectivity index (χ1n) is 5.13. The van der Waals surface area contributed by atoms with E-state index in [1.165, 1.54) is 7.11 Å². The molecule has 3 heteroatoms. The van der Waals surface area contributed by atoms with Crippen molar-refractivity contribution in [1.29, 1.82) is 0 Å². The molecule has 0 fully saturated rings. The van der Waals surface area contributed by atoms with E-state index in [1.807, 2.05) is 13.8 Å². The highest BCUT2D eigenvalue weighted by molar-refractivity contribution is 5.90. The van der Waals surface area contributed by atoms with Gasteiger partial charge in [-0.05, 0) is 36.1 Å². The van der Waals surface area contributed by atoms with Gasteiger partial charge in [-0.2, -0.15) is 0 Å². The summed E-state index contributed by atoms with van der Waals surface area (Å²) < 4.78 is 4.70. The van der Waals surface area contributed by atoms with Crippen LogP contribution in [-0.2, 0) is 17.6 Å². The molecule has 0 amide bonds. The summed E-state index contributed by atoms with van der Waals surface area (Å²) in [6.45, 7) is 4.04. The molecule has 1 aromatic rings. The molecule has 0 aliphatic rings. The molecule has 82 valence electrons. The highest BCUT2D eigenvalue weighted by Crippen LogP contribution is 2.22. The molecule has 0 aromatic heterocycles. The second-order valence-corrected chi connectivity index (χ2v) is 3.41. The first-order chi connectivity index (χ1) is 7.13. The lowest BCUT2D eigenvalue weighted by atomic mass is 9.99. The summed E-state index contributed by atoms with van der Waals surface area (Å²) >= 11 is 0. The SMILES string of the molecule is CCc1cc(C(=O)OC)cc(CC)c1N. The zero-order valence-electron chi connectivity index (χ0n) is 9.46. The van der Waals surface area contributed by atoms with Gasteiger partial charge in [-0.15, -0.1) is 0 Å². The molecule has 0 bridgehead atoms. The van der Waals surface area contributed by atoms with Crippen molar-refractivity contribution in [2.24, 2.45) is 0 Å². The van der Waals surface area contributed by atoms with Gasteiger partial charge in [0.25, 0.3) is 0 Å². The number of carbonyl (C=O) groups excluding carboxylic acids is 1. The number of carbonyl (C=O) groups is 1. The van der Waals surface area contributed by atoms with E-state index < -0.39 is 0 Å². The highest BCUT2D eigenvalue weighted by Gasteiger charge is 2.11. The van der Waals surface area contributed by atoms with Crippen molar-refractivity contribution in [3.05, 3.63) is 28.8 Å². The van der Waals surface area contributed by atoms with Crippen LogP contribution in [0.25, 0.3) is 0 Å². The van der Waals surface area contributed by atoms with Crippen LogP contribution in [0.4, 0.5) is 5.69 Å². The highest BCUT2D eigenvalue weighted by atomic mass is 16.5. The Morgan fingerprint density at radius 1 is 1.27 bits per heavy atom. The van der Waals surface area contributed by atoms with Crippen LogP contribution >= 0.6 is 0 Å². The summed E-state index contributed by atoms with van der Waals surface area (Å²) in [6.07, 6.45) is 1.65. The van der Waals surface area contributed by atoms with Crippen molar-refractivity contribution in [2.45, 2.75) is 26.7 Å². The summed E-state index contributed by atoms with van der Waals surface area (Å²) in [6, 6.07) is 3.61. The molecule has 0 heterocycles. The van der Waals surface area contributed by atoms with Gasteiger partial charge in [0.05, 0.1) is 12.7 Å². The average molecular weight is 207 g/mol. The largest absolute Gasteiger partial charge is 0.465 e. The fourth-order valence-electron chi connectivity index (χ4n) is 1.60. The van der Waals surface area contributed by atoms with E-state index in [1.54, 1.807) is 12.1 Å². The lowest BCUT2D eigenvalue weighted by Gasteiger charge is -2.10. The van der Waals surface area contributed by atoms with Crippen molar-refractivity contribution in [3.8, 4) is 0 Å². The van der Waals surface area contributed by atoms with Crippen LogP contribution in [-0.4, -0.2) is 13.1 Å². The van der Waals surface area contributed by atoms with Gasteiger partial charge in [-0.1, -0.05) is 13.8 Å². The molecule has 1 rings (SSSR count). The minimum absolute atomic E-state index is 0.306. The Hall–Kier alpha value is -1.51. The topological polar surface area (TPSA) is 52.3 Å². The molecule has 0 saturated carbocycles. The van der Waals surface area contributed by atoms with Crippen molar-refractivity contribution in [3.63, 3.8) is 0 Å². The van der Waals surface area contributed by atoms with Gasteiger partial charge >= 0.3 is 5.97 Å². The number of methoxy groups -OCH3 is 1. The minimum atomic E-state index is -0.306. The number of rotatable bonds is 3. The Kier molecular flexibility index (Phi) is 3.72. The maximum absolute atomic E-state index is 11.4. The molecular formula is C12H17NO2. The smallest absolute Gasteiger partial charge is 0.337 e. The van der Waals surface area contributed by atoms with Crippen LogP contribution in [0.3, 0.4) is 0 Å². The van der Waals surface area contributed by atoms with Crippen molar-refractivity contribution in [1.82, 2.24) is 0 Å². The van der Waals surface area contributed by atoms with Crippen LogP contribution in [0.5, 0.6) is 0 Å². The predicted molar refractivity (Wildman–Crippen MR) is 60.9 cm³/mol. The number of ether oxygens (including phenoxy) is 1. The molecule has 0 aliphatic carbocycles. The third kappa shape index (κ3) is 2.29. The molecule has 0 radical (unpaired) electrons. The van der Waals surface area contributed by atoms with E-state index in [0.717, 1.165) is 29.7 Å². The van der Waals surface area contributed by atoms with Crippen LogP contribution in [0.2, 0.25) is 0 Å². The Labute approximate surface area is 90.2 Å². The number of nitrogens with two attached hydrogens (primary N) is 1. The van der Waals surface area contributed by atoms with Gasteiger partial charge in [0.1, 0.15) is 0 Å². The fraction of sp³-hybridized carbons (Fsp3) is 0.417. The number of esters is 1. The number of hydrogen-bond donors (Lipinski definition) is 1. The standard InChI is InChI=1S/C12H17NO2/c1-4-8-6-10(12(14)15-3)7-9(5-2)11(8)13/h6-7H,4-5,13H2,1-3H3. The number of nitrogen functional groups attached to an aromatic ring is 1. The van der Waals surface area contributed by atoms with E-state index in [0.29, 0.717) is 5.56 Å². The first-order valence-corrected chi connectivity index (χ1v) is 5.13. The molecule has 2 N–H and O–H groups in total. The summed E-state index contributed by atoms with van der Waals surface area (Å²) in [5.74, 6) is -0.306. The zero-order chi connectivity index (χ0) is 11.4. The van der Waals surface area contributed by atoms with Crippen LogP contribution in [0.1, 0.15) is 35.3 Å². The van der Waals surface area contributed by atoms with Gasteiger partial charge in [0, 0.05) is 5.69 Å². The van der Waals surface area contributed by atoms with Gasteiger partial charge in [-0.3, -0.25) is 0 Å². The van der Waals surface area contributed by atoms with E-state index in [9.17, 15) is 4.79 Å². The minimum Gasteiger partial charge on any atom is -0.465 e. The molecule has 0 aliphatic heterocycles. The summed E-state index contributed by atoms with van der Waals surface area (Å²) in [7, 11) is 1.38. The maximum Gasteiger partial charge on any atom is 0.337 e. The van der Waals surface area contributed by atoms with Crippen molar-refractivity contribution < 1.29 is 9.53 Å². The summed E-state index contributed by atoms with van der Waals surface area (Å²) in [4.78, 5) is 11.4. The second-order valence-electron chi connectivity index (χ2n) is 3.41. The molecule has 0 saturated heterocycles. The third-order valence-electron chi connectivity index (χ3n) is 2.53. The van der Waals surface area contributed by atoms with E-state index in [-0.39, 0.29) is 5.97 Å². The summed E-state index contributed by atoms with van der Waals surface area (Å²) in [5.41, 5.74) is 9.36. The van der Waals surface area contributed by atoms with Gasteiger partial charge in [0.15, 0.2) is 0 Å². The fourth-order valence-corrected chi connectivity index (χ4v) is 1.60. The molecule has 1 aromatic carbocycles. The van der Waals surface area contributed by atoms with Gasteiger partial charge in [-0.25, -0.2) is 4.79 Å². The molecule has 0 unspecified atom stereocenters. The summed E-state index contributed by atoms with van der Waals surface area (Å²) in [5, 5.41) is 0. The predicted octanol–water partition coefficient (Wildman–Crippen LogP) is 2.18. The molecule has 0 spiro atoms. The van der Waals surface area contributed by atoms with Gasteiger partial charge < -0.3 is 10.5 Å². The monoisotopic (exact) mass is 207 g/mol. The van der Waals surface area contributed by atoms with E-state index in [4.69, 9.17) is 10.5 Å². The van der Waals surface area contributed by atoms with Crippen molar-refractivity contribution in [2.75, 3.05) is 12.8 Å². The normalized spacial score (nSPS) is 10.1. The molecular weight excluding hydrogens is 190 g/mol. The van der Waals surface area contributed by atoms with Crippen LogP contribution in [0, 0.1) is 0 Å². The lowest BCUT2D eigenvalue weighted by Crippen LogP contribution is -2.06. The molecule has 0 atom stereocenters. The molecule has 15 heavy (non-hydrogen) atoms. The Morgan fingerprint density at radius 3 is 2.07 bits per heavy atom. The van der Waals surface area contributed by atoms with Crippen LogP contribution < -0.4 is 5.73 Å². The second kappa shape index (κ2) is 4.82. The number of hydrogen-bond acceptors (Lipinski definition) is 3. The van der Waals surface area contributed by atoms with E-state index >= 15 is 0 Å². The number of benzene rings is 1. The number of anilines is 1. The Morgan fingerprint density at radius 2 is 1.73 bits per heavy atom. The lowest BCUT2D eigenvalue weighted by molar-refractivity contribution is 0.0600. The third-order valence-corrected chi connectivity index (χ3v) is 2.53. The maximum atomic E-state index is 11.4. The Balaban J connectivity index is 3.26. The van der Waals surface area contributed by atoms with Crippen LogP contribution in [0.15, 0.2) is 12.1 Å². The van der Waals surface area contributed by atoms with Gasteiger partial charge in [0.2, 0.25) is 0 Å². The first kappa shape index (κ1) is 11.6. The average Bonchev–Trinajstić information content (AvgIpc) is 2.28. The van der Waals surface area contributed by atoms with Crippen molar-refractivity contribution >= 4 is 11.7 Å². The quantitative estimate of drug-likeness (QED) is 0.610. The number of aryl methyl sites for hydroxylation is 2. The molecule has 3 nitrogen and oxygen atoms in total. The zero-order valence-corrected chi connectivity index (χ0v) is 9.46. The van der Waals surface area contributed by atoms with E-state index in [2.05, 4.69) is 0 Å².